The van der Waals surface area contributed by atoms with Crippen molar-refractivity contribution in [3.05, 3.63) is 65.2 Å². The van der Waals surface area contributed by atoms with E-state index in [1.165, 1.54) is 6.07 Å². The molecule has 94 valence electrons. The van der Waals surface area contributed by atoms with Gasteiger partial charge in [-0.3, -0.25) is 4.98 Å². The highest BCUT2D eigenvalue weighted by atomic mass is 19.2. The summed E-state index contributed by atoms with van der Waals surface area (Å²) < 4.78 is 39.8. The molecule has 1 N–H and O–H groups in total. The van der Waals surface area contributed by atoms with Crippen LogP contribution in [0.15, 0.2) is 36.7 Å². The van der Waals surface area contributed by atoms with Gasteiger partial charge in [0.05, 0.1) is 6.04 Å². The minimum Gasteiger partial charge on any atom is -0.309 e. The lowest BCUT2D eigenvalue weighted by Crippen LogP contribution is -2.20. The van der Waals surface area contributed by atoms with Crippen molar-refractivity contribution < 1.29 is 13.2 Å². The Morgan fingerprint density at radius 1 is 1.11 bits per heavy atom. The molecule has 1 aromatic heterocycles. The van der Waals surface area contributed by atoms with Gasteiger partial charge >= 0.3 is 0 Å². The summed E-state index contributed by atoms with van der Waals surface area (Å²) in [6.45, 7) is 0. The van der Waals surface area contributed by atoms with Crippen LogP contribution in [0.2, 0.25) is 0 Å². The van der Waals surface area contributed by atoms with E-state index in [1.807, 2.05) is 0 Å². The average Bonchev–Trinajstić information content (AvgIpc) is 2.41. The highest BCUT2D eigenvalue weighted by Crippen LogP contribution is 2.25. The Bertz CT molecular complexity index is 543. The predicted octanol–water partition coefficient (Wildman–Crippen LogP) is 2.81. The van der Waals surface area contributed by atoms with Gasteiger partial charge in [0.1, 0.15) is 0 Å². The Kier molecular flexibility index (Phi) is 3.62. The first-order valence-corrected chi connectivity index (χ1v) is 5.35. The Balaban J connectivity index is 2.50. The van der Waals surface area contributed by atoms with E-state index in [9.17, 15) is 13.2 Å². The van der Waals surface area contributed by atoms with Crippen molar-refractivity contribution in [3.8, 4) is 0 Å². The number of rotatable bonds is 3. The molecular formula is C13H11F3N2. The first-order chi connectivity index (χ1) is 8.65. The van der Waals surface area contributed by atoms with Crippen LogP contribution in [0.4, 0.5) is 13.2 Å². The molecule has 0 spiro atoms. The van der Waals surface area contributed by atoms with Crippen LogP contribution >= 0.6 is 0 Å². The molecule has 0 radical (unpaired) electrons. The van der Waals surface area contributed by atoms with Crippen molar-refractivity contribution in [2.45, 2.75) is 6.04 Å². The summed E-state index contributed by atoms with van der Waals surface area (Å²) in [4.78, 5) is 3.92. The number of nitrogens with zero attached hydrogens (tertiary/aromatic N) is 1. The zero-order chi connectivity index (χ0) is 13.1. The quantitative estimate of drug-likeness (QED) is 0.850. The van der Waals surface area contributed by atoms with Crippen molar-refractivity contribution in [1.82, 2.24) is 10.3 Å². The van der Waals surface area contributed by atoms with Crippen LogP contribution in [0.25, 0.3) is 0 Å². The smallest absolute Gasteiger partial charge is 0.194 e. The van der Waals surface area contributed by atoms with E-state index in [4.69, 9.17) is 0 Å². The van der Waals surface area contributed by atoms with E-state index < -0.39 is 23.5 Å². The van der Waals surface area contributed by atoms with Crippen molar-refractivity contribution in [3.63, 3.8) is 0 Å². The van der Waals surface area contributed by atoms with Gasteiger partial charge in [-0.05, 0) is 24.7 Å². The second kappa shape index (κ2) is 5.18. The molecule has 0 saturated carbocycles. The van der Waals surface area contributed by atoms with Crippen LogP contribution < -0.4 is 5.32 Å². The molecule has 0 aliphatic rings. The summed E-state index contributed by atoms with van der Waals surface area (Å²) >= 11 is 0. The van der Waals surface area contributed by atoms with Crippen LogP contribution in [-0.2, 0) is 0 Å². The highest BCUT2D eigenvalue weighted by Gasteiger charge is 2.21. The summed E-state index contributed by atoms with van der Waals surface area (Å²) in [5.41, 5.74) is 0.717. The Labute approximate surface area is 102 Å². The number of benzene rings is 1. The molecule has 2 nitrogen and oxygen atoms in total. The van der Waals surface area contributed by atoms with Crippen LogP contribution in [0, 0.1) is 17.5 Å². The van der Waals surface area contributed by atoms with Crippen LogP contribution in [0.1, 0.15) is 17.2 Å². The Hall–Kier alpha value is -1.88. The fourth-order valence-electron chi connectivity index (χ4n) is 1.81. The average molecular weight is 252 g/mol. The van der Waals surface area contributed by atoms with Crippen LogP contribution in [-0.4, -0.2) is 12.0 Å². The molecule has 0 bridgehead atoms. The molecule has 0 saturated heterocycles. The second-order valence-electron chi connectivity index (χ2n) is 3.77. The first-order valence-electron chi connectivity index (χ1n) is 5.35. The Morgan fingerprint density at radius 2 is 1.89 bits per heavy atom. The third-order valence-corrected chi connectivity index (χ3v) is 2.68. The van der Waals surface area contributed by atoms with Crippen molar-refractivity contribution in [2.24, 2.45) is 0 Å². The van der Waals surface area contributed by atoms with Gasteiger partial charge in [-0.15, -0.1) is 0 Å². The Morgan fingerprint density at radius 3 is 2.50 bits per heavy atom. The normalized spacial score (nSPS) is 12.4. The van der Waals surface area contributed by atoms with Crippen LogP contribution in [0.5, 0.6) is 0 Å². The predicted molar refractivity (Wildman–Crippen MR) is 61.5 cm³/mol. The zero-order valence-electron chi connectivity index (χ0n) is 9.62. The van der Waals surface area contributed by atoms with E-state index in [0.717, 1.165) is 6.07 Å². The number of hydrogen-bond donors (Lipinski definition) is 1. The maximum Gasteiger partial charge on any atom is 0.194 e. The minimum atomic E-state index is -1.46. The third-order valence-electron chi connectivity index (χ3n) is 2.68. The number of halogens is 3. The number of hydrogen-bond acceptors (Lipinski definition) is 2. The van der Waals surface area contributed by atoms with Gasteiger partial charge in [0.15, 0.2) is 17.5 Å². The summed E-state index contributed by atoms with van der Waals surface area (Å²) in [6, 6.07) is 4.98. The maximum atomic E-state index is 13.7. The van der Waals surface area contributed by atoms with Crippen molar-refractivity contribution in [1.29, 1.82) is 0 Å². The lowest BCUT2D eigenvalue weighted by molar-refractivity contribution is 0.435. The van der Waals surface area contributed by atoms with Gasteiger partial charge in [0, 0.05) is 18.0 Å². The van der Waals surface area contributed by atoms with E-state index >= 15 is 0 Å². The van der Waals surface area contributed by atoms with Crippen LogP contribution in [0.3, 0.4) is 0 Å². The molecule has 18 heavy (non-hydrogen) atoms. The van der Waals surface area contributed by atoms with Crippen molar-refractivity contribution >= 4 is 0 Å². The lowest BCUT2D eigenvalue weighted by Gasteiger charge is -2.17. The molecule has 0 amide bonds. The van der Waals surface area contributed by atoms with E-state index in [0.29, 0.717) is 5.56 Å². The second-order valence-corrected chi connectivity index (χ2v) is 3.77. The minimum absolute atomic E-state index is 0.0457. The fraction of sp³-hybridized carbons (Fsp3) is 0.154. The molecule has 2 rings (SSSR count). The standard InChI is InChI=1S/C13H11F3N2/c1-17-13(8-3-2-6-18-7-8)9-4-5-10(14)12(16)11(9)15/h2-7,13,17H,1H3. The summed E-state index contributed by atoms with van der Waals surface area (Å²) in [5.74, 6) is -3.84. The maximum absolute atomic E-state index is 13.7. The van der Waals surface area contributed by atoms with Gasteiger partial charge in [-0.25, -0.2) is 13.2 Å². The van der Waals surface area contributed by atoms with Crippen molar-refractivity contribution in [2.75, 3.05) is 7.05 Å². The molecule has 0 aliphatic carbocycles. The van der Waals surface area contributed by atoms with E-state index in [2.05, 4.69) is 10.3 Å². The first kappa shape index (κ1) is 12.6. The highest BCUT2D eigenvalue weighted by molar-refractivity contribution is 5.32. The number of pyridine rings is 1. The lowest BCUT2D eigenvalue weighted by atomic mass is 9.99. The van der Waals surface area contributed by atoms with Gasteiger partial charge < -0.3 is 5.32 Å². The molecular weight excluding hydrogens is 241 g/mol. The zero-order valence-corrected chi connectivity index (χ0v) is 9.62. The monoisotopic (exact) mass is 252 g/mol. The fourth-order valence-corrected chi connectivity index (χ4v) is 1.81. The van der Waals surface area contributed by atoms with E-state index in [-0.39, 0.29) is 5.56 Å². The molecule has 1 heterocycles. The molecule has 1 atom stereocenters. The van der Waals surface area contributed by atoms with Gasteiger partial charge in [0.25, 0.3) is 0 Å². The SMILES string of the molecule is CNC(c1cccnc1)c1ccc(F)c(F)c1F. The molecule has 2 aromatic rings. The van der Waals surface area contributed by atoms with E-state index in [1.54, 1.807) is 31.6 Å². The largest absolute Gasteiger partial charge is 0.309 e. The molecule has 5 heteroatoms. The summed E-state index contributed by atoms with van der Waals surface area (Å²) in [7, 11) is 1.61. The molecule has 1 aromatic carbocycles. The number of aromatic nitrogens is 1. The molecule has 0 fully saturated rings. The summed E-state index contributed by atoms with van der Waals surface area (Å²) in [6.07, 6.45) is 3.12. The molecule has 0 aliphatic heterocycles. The van der Waals surface area contributed by atoms with Gasteiger partial charge in [0.2, 0.25) is 0 Å². The third kappa shape index (κ3) is 2.22. The topological polar surface area (TPSA) is 24.9 Å². The van der Waals surface area contributed by atoms with Gasteiger partial charge in [-0.2, -0.15) is 0 Å². The van der Waals surface area contributed by atoms with Gasteiger partial charge in [-0.1, -0.05) is 12.1 Å². The number of nitrogens with one attached hydrogen (secondary N) is 1. The molecule has 1 unspecified atom stereocenters. The summed E-state index contributed by atoms with van der Waals surface area (Å²) in [5, 5.41) is 2.85.